The van der Waals surface area contributed by atoms with Crippen LogP contribution in [0.1, 0.15) is 49.8 Å². The maximum absolute atomic E-state index is 13.0. The second-order valence-corrected chi connectivity index (χ2v) is 13.0. The molecule has 2 aromatic rings. The summed E-state index contributed by atoms with van der Waals surface area (Å²) in [5.74, 6) is -0.0157. The topological polar surface area (TPSA) is 201 Å². The van der Waals surface area contributed by atoms with Crippen LogP contribution in [-0.2, 0) is 22.4 Å². The molecule has 5 rings (SSSR count). The molecule has 3 aliphatic rings. The normalized spacial score (nSPS) is 19.6. The van der Waals surface area contributed by atoms with E-state index in [0.717, 1.165) is 24.1 Å². The van der Waals surface area contributed by atoms with Crippen LogP contribution in [-0.4, -0.2) is 126 Å². The zero-order chi connectivity index (χ0) is 36.0. The van der Waals surface area contributed by atoms with Crippen molar-refractivity contribution in [1.82, 2.24) is 35.2 Å². The van der Waals surface area contributed by atoms with Crippen molar-refractivity contribution >= 4 is 35.9 Å². The highest BCUT2D eigenvalue weighted by molar-refractivity contribution is 5.79. The van der Waals surface area contributed by atoms with Gasteiger partial charge in [-0.2, -0.15) is 0 Å². The number of carbonyl (C=O) groups is 4. The average Bonchev–Trinajstić information content (AvgIpc) is 3.13. The molecule has 276 valence electrons. The highest BCUT2D eigenvalue weighted by Crippen LogP contribution is 2.24. The van der Waals surface area contributed by atoms with Crippen LogP contribution in [0.3, 0.4) is 0 Å². The van der Waals surface area contributed by atoms with E-state index < -0.39 is 0 Å². The standard InChI is InChI=1S/C35H50N10O6/c36-31(37)41-28-12-10-26(11-13-28)25-40-33(47)43-19-23-45(24-20-43)35(49)51-30-8-3-6-29(7-4-9-30)50-34(48)44-21-17-42(18-22-44)32(46)39-16-14-27-5-1-2-15-38-27/h1-2,5,10-13,15,29-30H,3-4,6-9,14,16-25H2,(H,39,46)(H,40,47)(H4,36,37,41). The molecule has 51 heavy (non-hydrogen) atoms. The molecule has 2 aliphatic heterocycles. The number of aromatic nitrogens is 1. The van der Waals surface area contributed by atoms with E-state index in [0.29, 0.717) is 103 Å². The van der Waals surface area contributed by atoms with Gasteiger partial charge in [-0.15, -0.1) is 0 Å². The Morgan fingerprint density at radius 1 is 0.706 bits per heavy atom. The van der Waals surface area contributed by atoms with Crippen LogP contribution in [0, 0.1) is 0 Å². The lowest BCUT2D eigenvalue weighted by atomic mass is 9.96. The first-order valence-electron chi connectivity index (χ1n) is 17.8. The molecular weight excluding hydrogens is 656 g/mol. The Kier molecular flexibility index (Phi) is 13.5. The number of rotatable bonds is 8. The summed E-state index contributed by atoms with van der Waals surface area (Å²) in [6, 6.07) is 12.6. The first-order chi connectivity index (χ1) is 24.7. The lowest BCUT2D eigenvalue weighted by Crippen LogP contribution is -2.53. The van der Waals surface area contributed by atoms with E-state index >= 15 is 0 Å². The zero-order valence-electron chi connectivity index (χ0n) is 29.1. The van der Waals surface area contributed by atoms with Gasteiger partial charge in [-0.1, -0.05) is 18.2 Å². The van der Waals surface area contributed by atoms with Gasteiger partial charge in [0, 0.05) is 83.8 Å². The number of hydrogen-bond donors (Lipinski definition) is 4. The first kappa shape index (κ1) is 37.0. The van der Waals surface area contributed by atoms with Crippen LogP contribution in [0.2, 0.25) is 0 Å². The Balaban J connectivity index is 0.932. The van der Waals surface area contributed by atoms with E-state index in [2.05, 4.69) is 20.6 Å². The van der Waals surface area contributed by atoms with Gasteiger partial charge in [0.15, 0.2) is 5.96 Å². The number of nitrogens with zero attached hydrogens (tertiary/aromatic N) is 6. The highest BCUT2D eigenvalue weighted by Gasteiger charge is 2.30. The molecule has 0 spiro atoms. The van der Waals surface area contributed by atoms with Crippen molar-refractivity contribution in [2.24, 2.45) is 16.5 Å². The Bertz CT molecular complexity index is 1460. The van der Waals surface area contributed by atoms with Gasteiger partial charge < -0.3 is 51.2 Å². The van der Waals surface area contributed by atoms with Gasteiger partial charge in [-0.05, 0) is 68.4 Å². The molecule has 6 N–H and O–H groups in total. The second-order valence-electron chi connectivity index (χ2n) is 13.0. The number of guanidine groups is 1. The van der Waals surface area contributed by atoms with Crippen molar-refractivity contribution in [2.45, 2.75) is 63.7 Å². The molecule has 0 unspecified atom stereocenters. The minimum atomic E-state index is -0.356. The Hall–Kier alpha value is -5.28. The molecule has 0 atom stereocenters. The van der Waals surface area contributed by atoms with E-state index in [1.165, 1.54) is 0 Å². The third kappa shape index (κ3) is 11.6. The molecule has 1 aromatic heterocycles. The van der Waals surface area contributed by atoms with E-state index in [1.54, 1.807) is 37.9 Å². The maximum atomic E-state index is 13.0. The van der Waals surface area contributed by atoms with Gasteiger partial charge in [0.25, 0.3) is 0 Å². The van der Waals surface area contributed by atoms with Gasteiger partial charge in [-0.3, -0.25) is 4.98 Å². The zero-order valence-corrected chi connectivity index (χ0v) is 29.1. The number of nitrogens with one attached hydrogen (secondary N) is 2. The third-order valence-corrected chi connectivity index (χ3v) is 9.31. The van der Waals surface area contributed by atoms with Crippen LogP contribution in [0.5, 0.6) is 0 Å². The van der Waals surface area contributed by atoms with E-state index in [4.69, 9.17) is 20.9 Å². The van der Waals surface area contributed by atoms with Crippen LogP contribution in [0.25, 0.3) is 0 Å². The molecule has 1 aliphatic carbocycles. The van der Waals surface area contributed by atoms with Crippen LogP contribution >= 0.6 is 0 Å². The lowest BCUT2D eigenvalue weighted by Gasteiger charge is -2.35. The second kappa shape index (κ2) is 18.6. The summed E-state index contributed by atoms with van der Waals surface area (Å²) in [7, 11) is 0. The van der Waals surface area contributed by atoms with Crippen molar-refractivity contribution < 1.29 is 28.7 Å². The molecule has 2 saturated heterocycles. The van der Waals surface area contributed by atoms with Gasteiger partial charge in [0.05, 0.1) is 5.69 Å². The Morgan fingerprint density at radius 3 is 1.71 bits per heavy atom. The Labute approximate surface area is 298 Å². The van der Waals surface area contributed by atoms with E-state index in [1.807, 2.05) is 30.3 Å². The summed E-state index contributed by atoms with van der Waals surface area (Å²) in [5.41, 5.74) is 13.3. The number of pyridine rings is 1. The molecule has 1 aromatic carbocycles. The number of ether oxygens (including phenoxy) is 2. The summed E-state index contributed by atoms with van der Waals surface area (Å²) in [4.78, 5) is 66.2. The van der Waals surface area contributed by atoms with Gasteiger partial charge >= 0.3 is 24.2 Å². The minimum absolute atomic E-state index is 0.0157. The number of hydrogen-bond acceptors (Lipinski definition) is 8. The molecule has 0 radical (unpaired) electrons. The first-order valence-corrected chi connectivity index (χ1v) is 17.8. The van der Waals surface area contributed by atoms with Gasteiger partial charge in [0.1, 0.15) is 12.2 Å². The van der Waals surface area contributed by atoms with Crippen LogP contribution in [0.4, 0.5) is 24.9 Å². The summed E-state index contributed by atoms with van der Waals surface area (Å²) in [5, 5.41) is 5.85. The van der Waals surface area contributed by atoms with Crippen molar-refractivity contribution in [3.05, 3.63) is 59.9 Å². The number of nitrogens with two attached hydrogens (primary N) is 2. The predicted molar refractivity (Wildman–Crippen MR) is 190 cm³/mol. The number of piperazine rings is 2. The molecule has 6 amide bonds. The van der Waals surface area contributed by atoms with Crippen LogP contribution < -0.4 is 22.1 Å². The molecule has 3 heterocycles. The predicted octanol–water partition coefficient (Wildman–Crippen LogP) is 2.75. The molecular formula is C35H50N10O6. The summed E-state index contributed by atoms with van der Waals surface area (Å²) < 4.78 is 11.7. The molecule has 16 nitrogen and oxygen atoms in total. The van der Waals surface area contributed by atoms with E-state index in [-0.39, 0.29) is 42.4 Å². The smallest absolute Gasteiger partial charge is 0.410 e. The fraction of sp³-hybridized carbons (Fsp3) is 0.543. The summed E-state index contributed by atoms with van der Waals surface area (Å²) >= 11 is 0. The fourth-order valence-corrected chi connectivity index (χ4v) is 6.37. The molecule has 0 bridgehead atoms. The molecule has 16 heteroatoms. The Morgan fingerprint density at radius 2 is 1.22 bits per heavy atom. The summed E-state index contributed by atoms with van der Waals surface area (Å²) in [6.07, 6.45) is 5.65. The third-order valence-electron chi connectivity index (χ3n) is 9.31. The van der Waals surface area contributed by atoms with Crippen LogP contribution in [0.15, 0.2) is 53.7 Å². The largest absolute Gasteiger partial charge is 0.446 e. The molecule has 3 fully saturated rings. The van der Waals surface area contributed by atoms with Crippen molar-refractivity contribution in [3.63, 3.8) is 0 Å². The number of aliphatic imine (C=N–C) groups is 1. The maximum Gasteiger partial charge on any atom is 0.410 e. The SMILES string of the molecule is NC(N)=Nc1ccc(CNC(=O)N2CCN(C(=O)OC3CCCC(OC(=O)N4CCN(C(=O)NCCc5ccccn5)CC4)CCC3)CC2)cc1. The number of carbonyl (C=O) groups excluding carboxylic acids is 4. The van der Waals surface area contributed by atoms with Gasteiger partial charge in [0.2, 0.25) is 0 Å². The average molecular weight is 707 g/mol. The summed E-state index contributed by atoms with van der Waals surface area (Å²) in [6.45, 7) is 4.22. The number of benzene rings is 1. The quantitative estimate of drug-likeness (QED) is 0.235. The van der Waals surface area contributed by atoms with E-state index in [9.17, 15) is 19.2 Å². The number of amides is 6. The lowest BCUT2D eigenvalue weighted by molar-refractivity contribution is 0.0197. The number of urea groups is 2. The van der Waals surface area contributed by atoms with Gasteiger partial charge in [-0.25, -0.2) is 24.2 Å². The van der Waals surface area contributed by atoms with Crippen molar-refractivity contribution in [2.75, 3.05) is 58.9 Å². The van der Waals surface area contributed by atoms with Crippen molar-refractivity contribution in [3.8, 4) is 0 Å². The fourth-order valence-electron chi connectivity index (χ4n) is 6.37. The van der Waals surface area contributed by atoms with Crippen molar-refractivity contribution in [1.29, 1.82) is 0 Å². The molecule has 1 saturated carbocycles. The highest BCUT2D eigenvalue weighted by atomic mass is 16.6. The monoisotopic (exact) mass is 706 g/mol. The minimum Gasteiger partial charge on any atom is -0.446 e.